The highest BCUT2D eigenvalue weighted by Gasteiger charge is 2.58. The molecule has 2 atom stereocenters. The van der Waals surface area contributed by atoms with Crippen LogP contribution in [0.3, 0.4) is 0 Å². The van der Waals surface area contributed by atoms with Gasteiger partial charge in [0.25, 0.3) is 0 Å². The molecule has 3 nitrogen and oxygen atoms in total. The molecular weight excluding hydrogens is 330 g/mol. The topological polar surface area (TPSA) is 30.5 Å². The molecule has 1 aromatic carbocycles. The first kappa shape index (κ1) is 15.3. The van der Waals surface area contributed by atoms with Crippen LogP contribution in [-0.2, 0) is 16.1 Å². The third-order valence-corrected chi connectivity index (χ3v) is 5.92. The van der Waals surface area contributed by atoms with Crippen molar-refractivity contribution in [3.8, 4) is 0 Å². The molecule has 0 saturated heterocycles. The Labute approximate surface area is 135 Å². The fourth-order valence-corrected chi connectivity index (χ4v) is 4.29. The first-order valence-electron chi connectivity index (χ1n) is 7.85. The van der Waals surface area contributed by atoms with Gasteiger partial charge in [-0.05, 0) is 38.3 Å². The normalized spacial score (nSPS) is 26.2. The van der Waals surface area contributed by atoms with Crippen LogP contribution >= 0.6 is 15.9 Å². The van der Waals surface area contributed by atoms with Crippen LogP contribution in [0.4, 0.5) is 5.69 Å². The number of methoxy groups -OCH3 is 1. The Morgan fingerprint density at radius 3 is 2.81 bits per heavy atom. The van der Waals surface area contributed by atoms with Crippen molar-refractivity contribution in [2.45, 2.75) is 51.4 Å². The SMILES string of the molecule is CCOC1CC(Nc2cccc(Br)c2COC)C12CCC2. The zero-order chi connectivity index (χ0) is 14.9. The van der Waals surface area contributed by atoms with Gasteiger partial charge in [0.1, 0.15) is 0 Å². The number of rotatable bonds is 6. The highest BCUT2D eigenvalue weighted by atomic mass is 79.9. The fraction of sp³-hybridized carbons (Fsp3) is 0.647. The van der Waals surface area contributed by atoms with Crippen molar-refractivity contribution in [3.63, 3.8) is 0 Å². The molecule has 116 valence electrons. The van der Waals surface area contributed by atoms with Gasteiger partial charge in [-0.1, -0.05) is 28.4 Å². The highest BCUT2D eigenvalue weighted by molar-refractivity contribution is 9.10. The number of ether oxygens (including phenoxy) is 2. The zero-order valence-corrected chi connectivity index (χ0v) is 14.4. The van der Waals surface area contributed by atoms with E-state index in [1.165, 1.54) is 30.5 Å². The number of hydrogen-bond acceptors (Lipinski definition) is 3. The van der Waals surface area contributed by atoms with Gasteiger partial charge in [0.15, 0.2) is 0 Å². The molecule has 2 fully saturated rings. The monoisotopic (exact) mass is 353 g/mol. The molecule has 2 saturated carbocycles. The van der Waals surface area contributed by atoms with Crippen LogP contribution in [0.25, 0.3) is 0 Å². The summed E-state index contributed by atoms with van der Waals surface area (Å²) in [5.74, 6) is 0. The molecule has 1 aromatic rings. The van der Waals surface area contributed by atoms with Crippen LogP contribution in [0.5, 0.6) is 0 Å². The van der Waals surface area contributed by atoms with Crippen LogP contribution < -0.4 is 5.32 Å². The third-order valence-electron chi connectivity index (χ3n) is 5.17. The zero-order valence-electron chi connectivity index (χ0n) is 12.8. The van der Waals surface area contributed by atoms with E-state index < -0.39 is 0 Å². The average molecular weight is 354 g/mol. The van der Waals surface area contributed by atoms with Gasteiger partial charge in [-0.3, -0.25) is 0 Å². The lowest BCUT2D eigenvalue weighted by molar-refractivity contribution is -0.157. The minimum atomic E-state index is 0.378. The molecule has 2 aliphatic carbocycles. The summed E-state index contributed by atoms with van der Waals surface area (Å²) in [6.45, 7) is 3.54. The van der Waals surface area contributed by atoms with Crippen LogP contribution in [-0.4, -0.2) is 25.9 Å². The van der Waals surface area contributed by atoms with E-state index in [0.717, 1.165) is 17.5 Å². The molecule has 0 amide bonds. The summed E-state index contributed by atoms with van der Waals surface area (Å²) in [7, 11) is 1.74. The Morgan fingerprint density at radius 1 is 1.38 bits per heavy atom. The van der Waals surface area contributed by atoms with Gasteiger partial charge in [0.2, 0.25) is 0 Å². The maximum atomic E-state index is 5.93. The second-order valence-electron chi connectivity index (χ2n) is 6.16. The van der Waals surface area contributed by atoms with Crippen molar-refractivity contribution < 1.29 is 9.47 Å². The number of anilines is 1. The molecule has 0 radical (unpaired) electrons. The second kappa shape index (κ2) is 6.27. The molecule has 4 heteroatoms. The standard InChI is InChI=1S/C17H24BrNO2/c1-3-21-16-10-15(17(16)8-5-9-17)19-14-7-4-6-13(18)12(14)11-20-2/h4,6-7,15-16,19H,3,5,8-11H2,1-2H3. The lowest BCUT2D eigenvalue weighted by Gasteiger charge is -2.61. The van der Waals surface area contributed by atoms with Crippen molar-refractivity contribution in [2.24, 2.45) is 5.41 Å². The summed E-state index contributed by atoms with van der Waals surface area (Å²) in [6.07, 6.45) is 5.50. The summed E-state index contributed by atoms with van der Waals surface area (Å²) >= 11 is 3.63. The van der Waals surface area contributed by atoms with E-state index in [9.17, 15) is 0 Å². The first-order valence-corrected chi connectivity index (χ1v) is 8.65. The molecule has 0 heterocycles. The van der Waals surface area contributed by atoms with Gasteiger partial charge in [-0.2, -0.15) is 0 Å². The molecule has 1 N–H and O–H groups in total. The van der Waals surface area contributed by atoms with Crippen LogP contribution in [0, 0.1) is 5.41 Å². The van der Waals surface area contributed by atoms with Gasteiger partial charge in [-0.25, -0.2) is 0 Å². The lowest BCUT2D eigenvalue weighted by Crippen LogP contribution is -2.64. The predicted molar refractivity (Wildman–Crippen MR) is 88.6 cm³/mol. The number of halogens is 1. The van der Waals surface area contributed by atoms with E-state index in [0.29, 0.717) is 24.2 Å². The summed E-state index contributed by atoms with van der Waals surface area (Å²) in [6, 6.07) is 6.84. The van der Waals surface area contributed by atoms with Crippen LogP contribution in [0.15, 0.2) is 22.7 Å². The van der Waals surface area contributed by atoms with Crippen molar-refractivity contribution >= 4 is 21.6 Å². The van der Waals surface area contributed by atoms with E-state index in [1.807, 2.05) is 0 Å². The molecule has 2 aliphatic rings. The van der Waals surface area contributed by atoms with Crippen LogP contribution in [0.2, 0.25) is 0 Å². The van der Waals surface area contributed by atoms with Gasteiger partial charge in [0, 0.05) is 40.9 Å². The Balaban J connectivity index is 1.74. The Morgan fingerprint density at radius 2 is 2.19 bits per heavy atom. The van der Waals surface area contributed by atoms with Gasteiger partial charge >= 0.3 is 0 Å². The van der Waals surface area contributed by atoms with Crippen LogP contribution in [0.1, 0.15) is 38.2 Å². The first-order chi connectivity index (χ1) is 10.2. The smallest absolute Gasteiger partial charge is 0.0744 e. The Hall–Kier alpha value is -0.580. The van der Waals surface area contributed by atoms with E-state index in [4.69, 9.17) is 9.47 Å². The minimum Gasteiger partial charge on any atom is -0.381 e. The maximum absolute atomic E-state index is 5.93. The Bertz CT molecular complexity index is 502. The van der Waals surface area contributed by atoms with Crippen molar-refractivity contribution in [1.29, 1.82) is 0 Å². The fourth-order valence-electron chi connectivity index (χ4n) is 3.81. The summed E-state index contributed by atoms with van der Waals surface area (Å²) in [5.41, 5.74) is 2.77. The van der Waals surface area contributed by atoms with Crippen molar-refractivity contribution in [2.75, 3.05) is 19.0 Å². The maximum Gasteiger partial charge on any atom is 0.0744 e. The molecular formula is C17H24BrNO2. The Kier molecular flexibility index (Phi) is 4.57. The quantitative estimate of drug-likeness (QED) is 0.824. The average Bonchev–Trinajstić information content (AvgIpc) is 2.39. The lowest BCUT2D eigenvalue weighted by atomic mass is 9.51. The van der Waals surface area contributed by atoms with Gasteiger partial charge in [0.05, 0.1) is 12.7 Å². The van der Waals surface area contributed by atoms with Crippen molar-refractivity contribution in [1.82, 2.24) is 0 Å². The second-order valence-corrected chi connectivity index (χ2v) is 7.02. The largest absolute Gasteiger partial charge is 0.381 e. The predicted octanol–water partition coefficient (Wildman–Crippen LogP) is 4.36. The highest BCUT2D eigenvalue weighted by Crippen LogP contribution is 2.58. The molecule has 1 spiro atoms. The van der Waals surface area contributed by atoms with E-state index >= 15 is 0 Å². The van der Waals surface area contributed by atoms with Gasteiger partial charge < -0.3 is 14.8 Å². The van der Waals surface area contributed by atoms with Gasteiger partial charge in [-0.15, -0.1) is 0 Å². The minimum absolute atomic E-state index is 0.378. The summed E-state index contributed by atoms with van der Waals surface area (Å²) < 4.78 is 12.4. The molecule has 3 rings (SSSR count). The summed E-state index contributed by atoms with van der Waals surface area (Å²) in [5, 5.41) is 3.76. The van der Waals surface area contributed by atoms with E-state index in [1.54, 1.807) is 7.11 Å². The number of benzene rings is 1. The summed E-state index contributed by atoms with van der Waals surface area (Å²) in [4.78, 5) is 0. The molecule has 0 aliphatic heterocycles. The molecule has 21 heavy (non-hydrogen) atoms. The van der Waals surface area contributed by atoms with E-state index in [-0.39, 0.29) is 0 Å². The van der Waals surface area contributed by atoms with E-state index in [2.05, 4.69) is 46.4 Å². The third kappa shape index (κ3) is 2.62. The number of nitrogens with one attached hydrogen (secondary N) is 1. The molecule has 0 aromatic heterocycles. The molecule has 0 bridgehead atoms. The van der Waals surface area contributed by atoms with Crippen molar-refractivity contribution in [3.05, 3.63) is 28.2 Å². The molecule has 2 unspecified atom stereocenters. The number of hydrogen-bond donors (Lipinski definition) is 1.